The zero-order valence-electron chi connectivity index (χ0n) is 10.4. The molecule has 1 saturated heterocycles. The third kappa shape index (κ3) is 2.21. The Hall–Kier alpha value is -0.0800. The van der Waals surface area contributed by atoms with Crippen molar-refractivity contribution in [2.75, 3.05) is 13.1 Å². The fourth-order valence-electron chi connectivity index (χ4n) is 2.99. The van der Waals surface area contributed by atoms with Gasteiger partial charge in [-0.05, 0) is 39.5 Å². The van der Waals surface area contributed by atoms with Gasteiger partial charge in [0.05, 0.1) is 5.60 Å². The molecule has 0 aromatic heterocycles. The van der Waals surface area contributed by atoms with Gasteiger partial charge in [-0.15, -0.1) is 0 Å². The second-order valence-electron chi connectivity index (χ2n) is 6.47. The van der Waals surface area contributed by atoms with Crippen molar-refractivity contribution in [2.45, 2.75) is 64.0 Å². The number of aliphatic hydroxyl groups is 1. The molecule has 0 aromatic rings. The Labute approximate surface area is 93.7 Å². The minimum atomic E-state index is -0.353. The lowest BCUT2D eigenvalue weighted by atomic mass is 9.71. The SMILES string of the molecule is CC(C)(C)N1CC(O)(C2CCCCC2)C1. The van der Waals surface area contributed by atoms with Crippen LogP contribution >= 0.6 is 0 Å². The van der Waals surface area contributed by atoms with Crippen molar-refractivity contribution in [2.24, 2.45) is 5.92 Å². The van der Waals surface area contributed by atoms with Crippen LogP contribution in [0.5, 0.6) is 0 Å². The summed E-state index contributed by atoms with van der Waals surface area (Å²) in [7, 11) is 0. The molecular weight excluding hydrogens is 186 g/mol. The van der Waals surface area contributed by atoms with Crippen LogP contribution in [0, 0.1) is 5.92 Å². The van der Waals surface area contributed by atoms with E-state index in [9.17, 15) is 5.11 Å². The molecule has 88 valence electrons. The highest BCUT2D eigenvalue weighted by Gasteiger charge is 2.49. The highest BCUT2D eigenvalue weighted by Crippen LogP contribution is 2.40. The smallest absolute Gasteiger partial charge is 0.0928 e. The molecule has 0 radical (unpaired) electrons. The van der Waals surface area contributed by atoms with Gasteiger partial charge in [0.2, 0.25) is 0 Å². The van der Waals surface area contributed by atoms with Gasteiger partial charge in [-0.1, -0.05) is 19.3 Å². The molecule has 0 spiro atoms. The van der Waals surface area contributed by atoms with E-state index in [0.717, 1.165) is 13.1 Å². The molecule has 2 nitrogen and oxygen atoms in total. The molecule has 0 bridgehead atoms. The van der Waals surface area contributed by atoms with Crippen molar-refractivity contribution < 1.29 is 5.11 Å². The molecule has 0 amide bonds. The first kappa shape index (κ1) is 11.4. The molecule has 1 saturated carbocycles. The molecule has 2 heteroatoms. The molecule has 0 aromatic carbocycles. The zero-order valence-corrected chi connectivity index (χ0v) is 10.4. The first-order valence-corrected chi connectivity index (χ1v) is 6.39. The van der Waals surface area contributed by atoms with Crippen molar-refractivity contribution in [3.8, 4) is 0 Å². The van der Waals surface area contributed by atoms with E-state index >= 15 is 0 Å². The number of hydrogen-bond acceptors (Lipinski definition) is 2. The van der Waals surface area contributed by atoms with Gasteiger partial charge in [0, 0.05) is 18.6 Å². The van der Waals surface area contributed by atoms with Gasteiger partial charge in [-0.3, -0.25) is 4.90 Å². The summed E-state index contributed by atoms with van der Waals surface area (Å²) in [4.78, 5) is 2.39. The van der Waals surface area contributed by atoms with E-state index in [4.69, 9.17) is 0 Å². The Kier molecular flexibility index (Phi) is 2.85. The van der Waals surface area contributed by atoms with Crippen LogP contribution < -0.4 is 0 Å². The number of nitrogens with zero attached hydrogens (tertiary/aromatic N) is 1. The summed E-state index contributed by atoms with van der Waals surface area (Å²) < 4.78 is 0. The van der Waals surface area contributed by atoms with Gasteiger partial charge in [0.15, 0.2) is 0 Å². The van der Waals surface area contributed by atoms with E-state index in [0.29, 0.717) is 5.92 Å². The molecule has 0 atom stereocenters. The third-order valence-corrected chi connectivity index (χ3v) is 4.24. The van der Waals surface area contributed by atoms with Gasteiger partial charge < -0.3 is 5.11 Å². The van der Waals surface area contributed by atoms with E-state index in [2.05, 4.69) is 25.7 Å². The largest absolute Gasteiger partial charge is 0.387 e. The topological polar surface area (TPSA) is 23.5 Å². The third-order valence-electron chi connectivity index (χ3n) is 4.24. The van der Waals surface area contributed by atoms with E-state index in [-0.39, 0.29) is 11.1 Å². The lowest BCUT2D eigenvalue weighted by Gasteiger charge is -2.56. The number of likely N-dealkylation sites (tertiary alicyclic amines) is 1. The summed E-state index contributed by atoms with van der Waals surface area (Å²) in [5.41, 5.74) is -0.130. The van der Waals surface area contributed by atoms with E-state index in [1.807, 2.05) is 0 Å². The van der Waals surface area contributed by atoms with Crippen LogP contribution in [0.4, 0.5) is 0 Å². The molecule has 0 unspecified atom stereocenters. The molecule has 1 aliphatic heterocycles. The van der Waals surface area contributed by atoms with Gasteiger partial charge in [-0.2, -0.15) is 0 Å². The van der Waals surface area contributed by atoms with Crippen molar-refractivity contribution in [3.05, 3.63) is 0 Å². The minimum absolute atomic E-state index is 0.223. The molecule has 1 aliphatic carbocycles. The predicted molar refractivity (Wildman–Crippen MR) is 62.9 cm³/mol. The van der Waals surface area contributed by atoms with Crippen LogP contribution in [0.3, 0.4) is 0 Å². The average molecular weight is 211 g/mol. The Bertz CT molecular complexity index is 219. The molecule has 2 fully saturated rings. The lowest BCUT2D eigenvalue weighted by molar-refractivity contribution is -0.169. The normalized spacial score (nSPS) is 28.8. The fourth-order valence-corrected chi connectivity index (χ4v) is 2.99. The molecular formula is C13H25NO. The maximum Gasteiger partial charge on any atom is 0.0928 e. The monoisotopic (exact) mass is 211 g/mol. The highest BCUT2D eigenvalue weighted by atomic mass is 16.3. The van der Waals surface area contributed by atoms with Gasteiger partial charge in [0.25, 0.3) is 0 Å². The zero-order chi connectivity index (χ0) is 11.1. The first-order valence-electron chi connectivity index (χ1n) is 6.39. The van der Waals surface area contributed by atoms with Crippen molar-refractivity contribution in [1.29, 1.82) is 0 Å². The fraction of sp³-hybridized carbons (Fsp3) is 1.00. The Morgan fingerprint density at radius 1 is 1.07 bits per heavy atom. The molecule has 1 N–H and O–H groups in total. The predicted octanol–water partition coefficient (Wildman–Crippen LogP) is 2.41. The second kappa shape index (κ2) is 3.74. The average Bonchev–Trinajstić information content (AvgIpc) is 2.13. The summed E-state index contributed by atoms with van der Waals surface area (Å²) in [6.07, 6.45) is 6.50. The number of β-amino-alcohol motifs (C(OH)–C–C–N with tert-alkyl or cyclic N) is 1. The number of hydrogen-bond donors (Lipinski definition) is 1. The highest BCUT2D eigenvalue weighted by molar-refractivity contribution is 5.04. The van der Waals surface area contributed by atoms with Crippen LogP contribution in [0.15, 0.2) is 0 Å². The maximum absolute atomic E-state index is 10.5. The second-order valence-corrected chi connectivity index (χ2v) is 6.47. The molecule has 1 heterocycles. The minimum Gasteiger partial charge on any atom is -0.387 e. The quantitative estimate of drug-likeness (QED) is 0.720. The van der Waals surface area contributed by atoms with Gasteiger partial charge in [-0.25, -0.2) is 0 Å². The summed E-state index contributed by atoms with van der Waals surface area (Å²) >= 11 is 0. The summed E-state index contributed by atoms with van der Waals surface area (Å²) in [5.74, 6) is 0.574. The van der Waals surface area contributed by atoms with Gasteiger partial charge in [0.1, 0.15) is 0 Å². The molecule has 2 rings (SSSR count). The molecule has 2 aliphatic rings. The van der Waals surface area contributed by atoms with Gasteiger partial charge >= 0.3 is 0 Å². The Morgan fingerprint density at radius 2 is 1.60 bits per heavy atom. The number of rotatable bonds is 1. The van der Waals surface area contributed by atoms with Crippen LogP contribution in [0.1, 0.15) is 52.9 Å². The van der Waals surface area contributed by atoms with Crippen molar-refractivity contribution in [1.82, 2.24) is 4.90 Å². The van der Waals surface area contributed by atoms with Crippen molar-refractivity contribution in [3.63, 3.8) is 0 Å². The summed E-state index contributed by atoms with van der Waals surface area (Å²) in [6, 6.07) is 0. The van der Waals surface area contributed by atoms with Crippen LogP contribution in [0.25, 0.3) is 0 Å². The van der Waals surface area contributed by atoms with E-state index < -0.39 is 0 Å². The summed E-state index contributed by atoms with van der Waals surface area (Å²) in [6.45, 7) is 8.47. The summed E-state index contributed by atoms with van der Waals surface area (Å²) in [5, 5.41) is 10.5. The van der Waals surface area contributed by atoms with E-state index in [1.54, 1.807) is 0 Å². The standard InChI is InChI=1S/C13H25NO/c1-12(2,3)14-9-13(15,10-14)11-7-5-4-6-8-11/h11,15H,4-10H2,1-3H3. The van der Waals surface area contributed by atoms with Crippen molar-refractivity contribution >= 4 is 0 Å². The lowest BCUT2D eigenvalue weighted by Crippen LogP contribution is -2.69. The maximum atomic E-state index is 10.5. The van der Waals surface area contributed by atoms with E-state index in [1.165, 1.54) is 32.1 Å². The first-order chi connectivity index (χ1) is 6.92. The Balaban J connectivity index is 1.89. The molecule has 15 heavy (non-hydrogen) atoms. The van der Waals surface area contributed by atoms with Crippen LogP contribution in [-0.4, -0.2) is 34.2 Å². The van der Waals surface area contributed by atoms with Crippen LogP contribution in [-0.2, 0) is 0 Å². The Morgan fingerprint density at radius 3 is 2.07 bits per heavy atom. The van der Waals surface area contributed by atoms with Crippen LogP contribution in [0.2, 0.25) is 0 Å².